The summed E-state index contributed by atoms with van der Waals surface area (Å²) in [6.45, 7) is 2.09. The zero-order valence-electron chi connectivity index (χ0n) is 12.0. The van der Waals surface area contributed by atoms with E-state index in [1.807, 2.05) is 24.3 Å². The first-order valence-electron chi connectivity index (χ1n) is 7.35. The molecule has 0 aliphatic heterocycles. The molecule has 3 atom stereocenters. The Bertz CT molecular complexity index is 624. The van der Waals surface area contributed by atoms with Crippen molar-refractivity contribution in [2.45, 2.75) is 32.3 Å². The zero-order valence-corrected chi connectivity index (χ0v) is 12.0. The number of aromatic nitrogens is 3. The third-order valence-electron chi connectivity index (χ3n) is 4.31. The summed E-state index contributed by atoms with van der Waals surface area (Å²) in [6, 6.07) is 7.38. The summed E-state index contributed by atoms with van der Waals surface area (Å²) in [5.41, 5.74) is 1.32. The Balaban J connectivity index is 1.95. The summed E-state index contributed by atoms with van der Waals surface area (Å²) in [7, 11) is 0. The second-order valence-corrected chi connectivity index (χ2v) is 5.75. The van der Waals surface area contributed by atoms with Crippen LogP contribution < -0.4 is 0 Å². The molecule has 21 heavy (non-hydrogen) atoms. The van der Waals surface area contributed by atoms with Gasteiger partial charge in [-0.1, -0.05) is 19.1 Å². The molecule has 0 radical (unpaired) electrons. The van der Waals surface area contributed by atoms with Crippen LogP contribution in [0.2, 0.25) is 0 Å². The van der Waals surface area contributed by atoms with Gasteiger partial charge in [0.15, 0.2) is 5.78 Å². The third-order valence-corrected chi connectivity index (χ3v) is 4.31. The van der Waals surface area contributed by atoms with E-state index in [0.29, 0.717) is 23.6 Å². The highest BCUT2D eigenvalue weighted by Gasteiger charge is 2.33. The highest BCUT2D eigenvalue weighted by Crippen LogP contribution is 2.33. The second-order valence-electron chi connectivity index (χ2n) is 5.75. The number of aliphatic hydroxyl groups is 1. The fourth-order valence-corrected chi connectivity index (χ4v) is 3.06. The lowest BCUT2D eigenvalue weighted by molar-refractivity contribution is 0.0564. The molecule has 1 aliphatic carbocycles. The average molecular weight is 285 g/mol. The van der Waals surface area contributed by atoms with Crippen molar-refractivity contribution in [2.24, 2.45) is 11.8 Å². The van der Waals surface area contributed by atoms with Crippen molar-refractivity contribution in [3.8, 4) is 5.69 Å². The van der Waals surface area contributed by atoms with Gasteiger partial charge in [0.1, 0.15) is 0 Å². The van der Waals surface area contributed by atoms with Gasteiger partial charge >= 0.3 is 0 Å². The van der Waals surface area contributed by atoms with Gasteiger partial charge in [0.2, 0.25) is 0 Å². The third kappa shape index (κ3) is 2.74. The summed E-state index contributed by atoms with van der Waals surface area (Å²) < 4.78 is 0. The lowest BCUT2D eigenvalue weighted by Crippen LogP contribution is -2.32. The van der Waals surface area contributed by atoms with Gasteiger partial charge in [-0.05, 0) is 37.3 Å². The van der Waals surface area contributed by atoms with E-state index in [9.17, 15) is 9.90 Å². The van der Waals surface area contributed by atoms with E-state index in [1.165, 1.54) is 4.80 Å². The van der Waals surface area contributed by atoms with Crippen molar-refractivity contribution in [2.75, 3.05) is 0 Å². The molecular formula is C16H19N3O2. The Morgan fingerprint density at radius 1 is 1.24 bits per heavy atom. The largest absolute Gasteiger partial charge is 0.393 e. The quantitative estimate of drug-likeness (QED) is 0.878. The van der Waals surface area contributed by atoms with Crippen LogP contribution in [-0.4, -0.2) is 32.0 Å². The highest BCUT2D eigenvalue weighted by atomic mass is 16.3. The standard InChI is InChI=1S/C16H19N3O2/c1-11-6-7-12(20)10-14(11)16(21)13-4-2-3-5-15(13)19-17-8-9-18-19/h2-5,8-9,11-12,14,20H,6-7,10H2,1H3/t11-,12-,14?/m1/s1. The fourth-order valence-electron chi connectivity index (χ4n) is 3.06. The molecule has 1 saturated carbocycles. The first-order chi connectivity index (χ1) is 10.2. The number of para-hydroxylation sites is 1. The number of Topliss-reactive ketones (excluding diaryl/α,β-unsaturated/α-hetero) is 1. The number of carbonyl (C=O) groups excluding carboxylic acids is 1. The Morgan fingerprint density at radius 3 is 2.71 bits per heavy atom. The number of rotatable bonds is 3. The number of hydrogen-bond acceptors (Lipinski definition) is 4. The topological polar surface area (TPSA) is 68.0 Å². The van der Waals surface area contributed by atoms with Crippen LogP contribution >= 0.6 is 0 Å². The maximum atomic E-state index is 12.9. The summed E-state index contributed by atoms with van der Waals surface area (Å²) in [5, 5.41) is 18.1. The lowest BCUT2D eigenvalue weighted by atomic mass is 9.75. The first kappa shape index (κ1) is 13.9. The molecule has 1 N–H and O–H groups in total. The number of aliphatic hydroxyl groups excluding tert-OH is 1. The molecule has 2 aromatic rings. The smallest absolute Gasteiger partial charge is 0.168 e. The summed E-state index contributed by atoms with van der Waals surface area (Å²) in [4.78, 5) is 14.4. The van der Waals surface area contributed by atoms with Crippen molar-refractivity contribution < 1.29 is 9.90 Å². The molecular weight excluding hydrogens is 266 g/mol. The van der Waals surface area contributed by atoms with Crippen molar-refractivity contribution in [3.05, 3.63) is 42.2 Å². The summed E-state index contributed by atoms with van der Waals surface area (Å²) in [5.74, 6) is 0.235. The minimum absolute atomic E-state index is 0.0779. The van der Waals surface area contributed by atoms with E-state index in [0.717, 1.165) is 12.8 Å². The van der Waals surface area contributed by atoms with Gasteiger partial charge in [0, 0.05) is 11.5 Å². The molecule has 1 fully saturated rings. The number of hydrogen-bond donors (Lipinski definition) is 1. The molecule has 0 amide bonds. The molecule has 1 unspecified atom stereocenters. The highest BCUT2D eigenvalue weighted by molar-refractivity contribution is 6.01. The van der Waals surface area contributed by atoms with Gasteiger partial charge in [-0.3, -0.25) is 4.79 Å². The van der Waals surface area contributed by atoms with E-state index < -0.39 is 0 Å². The number of ketones is 1. The van der Waals surface area contributed by atoms with Crippen molar-refractivity contribution in [3.63, 3.8) is 0 Å². The number of nitrogens with zero attached hydrogens (tertiary/aromatic N) is 3. The normalized spacial score (nSPS) is 25.7. The molecule has 0 saturated heterocycles. The van der Waals surface area contributed by atoms with Crippen LogP contribution in [-0.2, 0) is 0 Å². The predicted octanol–water partition coefficient (Wildman–Crippen LogP) is 2.25. The Morgan fingerprint density at radius 2 is 1.95 bits per heavy atom. The lowest BCUT2D eigenvalue weighted by Gasteiger charge is -2.31. The molecule has 1 aromatic heterocycles. The van der Waals surface area contributed by atoms with Gasteiger partial charge in [-0.15, -0.1) is 0 Å². The van der Waals surface area contributed by atoms with Gasteiger partial charge in [-0.2, -0.15) is 15.0 Å². The molecule has 0 bridgehead atoms. The van der Waals surface area contributed by atoms with Crippen LogP contribution in [0, 0.1) is 11.8 Å². The van der Waals surface area contributed by atoms with Crippen LogP contribution in [0.25, 0.3) is 5.69 Å². The van der Waals surface area contributed by atoms with E-state index in [1.54, 1.807) is 12.4 Å². The SMILES string of the molecule is C[C@@H]1CC[C@@H](O)CC1C(=O)c1ccccc1-n1nccn1. The minimum atomic E-state index is -0.370. The Hall–Kier alpha value is -2.01. The van der Waals surface area contributed by atoms with Crippen LogP contribution in [0.3, 0.4) is 0 Å². The molecule has 5 nitrogen and oxygen atoms in total. The van der Waals surface area contributed by atoms with E-state index in [2.05, 4.69) is 17.1 Å². The van der Waals surface area contributed by atoms with E-state index in [-0.39, 0.29) is 17.8 Å². The van der Waals surface area contributed by atoms with Gasteiger partial charge in [0.05, 0.1) is 24.2 Å². The minimum Gasteiger partial charge on any atom is -0.393 e. The average Bonchev–Trinajstić information content (AvgIpc) is 3.03. The molecule has 110 valence electrons. The van der Waals surface area contributed by atoms with Gasteiger partial charge in [0.25, 0.3) is 0 Å². The van der Waals surface area contributed by atoms with E-state index >= 15 is 0 Å². The van der Waals surface area contributed by atoms with Gasteiger partial charge < -0.3 is 5.11 Å². The monoisotopic (exact) mass is 285 g/mol. The zero-order chi connectivity index (χ0) is 14.8. The van der Waals surface area contributed by atoms with Crippen LogP contribution in [0.5, 0.6) is 0 Å². The number of carbonyl (C=O) groups is 1. The van der Waals surface area contributed by atoms with E-state index in [4.69, 9.17) is 0 Å². The predicted molar refractivity (Wildman–Crippen MR) is 78.2 cm³/mol. The molecule has 0 spiro atoms. The Kier molecular flexibility index (Phi) is 3.84. The summed E-state index contributed by atoms with van der Waals surface area (Å²) in [6.07, 6.45) is 5.03. The Labute approximate surface area is 123 Å². The van der Waals surface area contributed by atoms with Crippen molar-refractivity contribution >= 4 is 5.78 Å². The fraction of sp³-hybridized carbons (Fsp3) is 0.438. The molecule has 5 heteroatoms. The van der Waals surface area contributed by atoms with Crippen LogP contribution in [0.1, 0.15) is 36.5 Å². The molecule has 3 rings (SSSR count). The van der Waals surface area contributed by atoms with Crippen molar-refractivity contribution in [1.82, 2.24) is 15.0 Å². The maximum absolute atomic E-state index is 12.9. The van der Waals surface area contributed by atoms with Crippen LogP contribution in [0.15, 0.2) is 36.7 Å². The second kappa shape index (κ2) is 5.77. The number of benzene rings is 1. The first-order valence-corrected chi connectivity index (χ1v) is 7.35. The molecule has 1 aromatic carbocycles. The molecule has 1 heterocycles. The molecule has 1 aliphatic rings. The van der Waals surface area contributed by atoms with Gasteiger partial charge in [-0.25, -0.2) is 0 Å². The van der Waals surface area contributed by atoms with Crippen molar-refractivity contribution in [1.29, 1.82) is 0 Å². The van der Waals surface area contributed by atoms with Crippen LogP contribution in [0.4, 0.5) is 0 Å². The maximum Gasteiger partial charge on any atom is 0.168 e. The summed E-state index contributed by atoms with van der Waals surface area (Å²) >= 11 is 0.